The monoisotopic (exact) mass is 345 g/mol. The third-order valence-electron chi connectivity index (χ3n) is 3.68. The molecule has 0 unspecified atom stereocenters. The number of tetrazole rings is 1. The lowest BCUT2D eigenvalue weighted by Gasteiger charge is -2.34. The van der Waals surface area contributed by atoms with Crippen LogP contribution in [0.3, 0.4) is 0 Å². The normalized spacial score (nSPS) is 14.4. The van der Waals surface area contributed by atoms with E-state index in [1.54, 1.807) is 7.05 Å². The van der Waals surface area contributed by atoms with E-state index in [4.69, 9.17) is 10.5 Å². The number of hydrogen-bond acceptors (Lipinski definition) is 6. The summed E-state index contributed by atoms with van der Waals surface area (Å²) in [5.41, 5.74) is 6.73. The van der Waals surface area contributed by atoms with Gasteiger partial charge in [-0.25, -0.2) is 4.79 Å². The quantitative estimate of drug-likeness (QED) is 0.836. The molecule has 2 aromatic rings. The van der Waals surface area contributed by atoms with Crippen molar-refractivity contribution in [2.24, 2.45) is 18.2 Å². The average Bonchev–Trinajstić information content (AvgIpc) is 2.91. The van der Waals surface area contributed by atoms with Gasteiger partial charge >= 0.3 is 5.97 Å². The molecule has 1 aromatic carbocycles. The molecule has 0 aliphatic heterocycles. The highest BCUT2D eigenvalue weighted by molar-refractivity contribution is 5.83. The molecule has 0 fully saturated rings. The van der Waals surface area contributed by atoms with Gasteiger partial charge in [-0.2, -0.15) is 4.80 Å². The van der Waals surface area contributed by atoms with E-state index in [1.165, 1.54) is 4.80 Å². The first-order chi connectivity index (χ1) is 11.5. The molecular formula is C18H27N5O2. The van der Waals surface area contributed by atoms with Crippen molar-refractivity contribution in [3.8, 4) is 11.4 Å². The fourth-order valence-electron chi connectivity index (χ4n) is 2.76. The van der Waals surface area contributed by atoms with Gasteiger partial charge in [-0.15, -0.1) is 10.2 Å². The van der Waals surface area contributed by atoms with Crippen LogP contribution in [0.15, 0.2) is 24.3 Å². The first-order valence-corrected chi connectivity index (χ1v) is 8.36. The van der Waals surface area contributed by atoms with Crippen molar-refractivity contribution in [1.82, 2.24) is 20.2 Å². The van der Waals surface area contributed by atoms with Crippen LogP contribution < -0.4 is 5.73 Å². The fraction of sp³-hybridized carbons (Fsp3) is 0.556. The summed E-state index contributed by atoms with van der Waals surface area (Å²) in [5, 5.41) is 12.0. The third kappa shape index (κ3) is 4.63. The number of carbonyl (C=O) groups excluding carboxylic acids is 1. The van der Waals surface area contributed by atoms with E-state index in [9.17, 15) is 4.79 Å². The molecule has 0 radical (unpaired) electrons. The van der Waals surface area contributed by atoms with Gasteiger partial charge in [0.05, 0.1) is 13.2 Å². The Morgan fingerprint density at radius 2 is 1.84 bits per heavy atom. The fourth-order valence-corrected chi connectivity index (χ4v) is 2.76. The molecule has 7 nitrogen and oxygen atoms in total. The molecule has 2 rings (SSSR count). The molecule has 2 N–H and O–H groups in total. The zero-order valence-corrected chi connectivity index (χ0v) is 15.8. The van der Waals surface area contributed by atoms with Crippen molar-refractivity contribution in [2.45, 2.75) is 52.7 Å². The van der Waals surface area contributed by atoms with Crippen molar-refractivity contribution in [1.29, 1.82) is 0 Å². The second-order valence-electron chi connectivity index (χ2n) is 7.84. The smallest absolute Gasteiger partial charge is 0.331 e. The summed E-state index contributed by atoms with van der Waals surface area (Å²) in [5.74, 6) is 0.111. The first kappa shape index (κ1) is 19.1. The van der Waals surface area contributed by atoms with Crippen LogP contribution in [0.4, 0.5) is 0 Å². The Kier molecular flexibility index (Phi) is 5.27. The largest absolute Gasteiger partial charge is 0.461 e. The van der Waals surface area contributed by atoms with Gasteiger partial charge in [-0.3, -0.25) is 0 Å². The third-order valence-corrected chi connectivity index (χ3v) is 3.68. The van der Waals surface area contributed by atoms with Gasteiger partial charge in [-0.1, -0.05) is 45.0 Å². The summed E-state index contributed by atoms with van der Waals surface area (Å²) in [6.45, 7) is 9.79. The Morgan fingerprint density at radius 1 is 1.24 bits per heavy atom. The second-order valence-corrected chi connectivity index (χ2v) is 7.84. The Balaban J connectivity index is 2.38. The minimum absolute atomic E-state index is 0.143. The summed E-state index contributed by atoms with van der Waals surface area (Å²) in [4.78, 5) is 14.1. The van der Waals surface area contributed by atoms with Gasteiger partial charge in [0.2, 0.25) is 5.82 Å². The minimum atomic E-state index is -1.21. The molecule has 1 atom stereocenters. The Hall–Kier alpha value is -2.28. The number of carbonyl (C=O) groups is 1. The lowest BCUT2D eigenvalue weighted by atomic mass is 9.76. The van der Waals surface area contributed by atoms with Crippen LogP contribution in [0.5, 0.6) is 0 Å². The Labute approximate surface area is 148 Å². The molecule has 0 saturated heterocycles. The van der Waals surface area contributed by atoms with Gasteiger partial charge in [0.25, 0.3) is 0 Å². The number of ether oxygens (including phenoxy) is 1. The van der Waals surface area contributed by atoms with E-state index in [2.05, 4.69) is 36.2 Å². The molecule has 0 amide bonds. The van der Waals surface area contributed by atoms with Gasteiger partial charge in [0, 0.05) is 5.56 Å². The predicted octanol–water partition coefficient (Wildman–Crippen LogP) is 2.42. The van der Waals surface area contributed by atoms with Gasteiger partial charge < -0.3 is 10.5 Å². The number of benzene rings is 1. The van der Waals surface area contributed by atoms with Crippen LogP contribution in [0, 0.1) is 5.41 Å². The first-order valence-electron chi connectivity index (χ1n) is 8.36. The topological polar surface area (TPSA) is 95.9 Å². The number of nitrogens with zero attached hydrogens (tertiary/aromatic N) is 4. The molecule has 0 saturated carbocycles. The number of aromatic nitrogens is 4. The Morgan fingerprint density at radius 3 is 2.28 bits per heavy atom. The molecule has 7 heteroatoms. The molecule has 0 aliphatic carbocycles. The molecular weight excluding hydrogens is 318 g/mol. The van der Waals surface area contributed by atoms with Crippen LogP contribution in [0.2, 0.25) is 0 Å². The van der Waals surface area contributed by atoms with Gasteiger partial charge in [0.1, 0.15) is 5.54 Å². The van der Waals surface area contributed by atoms with Gasteiger partial charge in [-0.05, 0) is 36.5 Å². The van der Waals surface area contributed by atoms with Gasteiger partial charge in [0.15, 0.2) is 0 Å². The van der Waals surface area contributed by atoms with Crippen LogP contribution in [-0.4, -0.2) is 32.3 Å². The lowest BCUT2D eigenvalue weighted by Crippen LogP contribution is -2.49. The SMILES string of the molecule is CC(C)OC(=O)[C@@](N)(CC(C)(C)C)c1ccc(-c2nnn(C)n2)cc1. The van der Waals surface area contributed by atoms with Crippen LogP contribution in [-0.2, 0) is 22.1 Å². The van der Waals surface area contributed by atoms with E-state index in [0.717, 1.165) is 5.56 Å². The predicted molar refractivity (Wildman–Crippen MR) is 95.4 cm³/mol. The summed E-state index contributed by atoms with van der Waals surface area (Å²) in [7, 11) is 1.71. The zero-order valence-electron chi connectivity index (χ0n) is 15.8. The molecule has 0 aliphatic rings. The highest BCUT2D eigenvalue weighted by atomic mass is 16.5. The van der Waals surface area contributed by atoms with E-state index >= 15 is 0 Å². The summed E-state index contributed by atoms with van der Waals surface area (Å²) >= 11 is 0. The summed E-state index contributed by atoms with van der Waals surface area (Å²) < 4.78 is 5.43. The highest BCUT2D eigenvalue weighted by Crippen LogP contribution is 2.35. The maximum Gasteiger partial charge on any atom is 0.331 e. The number of rotatable bonds is 5. The highest BCUT2D eigenvalue weighted by Gasteiger charge is 2.41. The molecule has 1 aromatic heterocycles. The standard InChI is InChI=1S/C18H27N5O2/c1-12(2)25-16(24)18(19,11-17(3,4)5)14-9-7-13(8-10-14)15-20-22-23(6)21-15/h7-10,12H,11,19H2,1-6H3/t18-/m1/s1. The van der Waals surface area contributed by atoms with Crippen molar-refractivity contribution in [3.63, 3.8) is 0 Å². The van der Waals surface area contributed by atoms with E-state index in [0.29, 0.717) is 17.8 Å². The van der Waals surface area contributed by atoms with Crippen molar-refractivity contribution in [3.05, 3.63) is 29.8 Å². The summed E-state index contributed by atoms with van der Waals surface area (Å²) in [6.07, 6.45) is 0.243. The van der Waals surface area contributed by atoms with Crippen LogP contribution >= 0.6 is 0 Å². The number of nitrogens with two attached hydrogens (primary N) is 1. The van der Waals surface area contributed by atoms with Crippen molar-refractivity contribution >= 4 is 5.97 Å². The molecule has 136 valence electrons. The van der Waals surface area contributed by atoms with Crippen LogP contribution in [0.1, 0.15) is 46.6 Å². The molecule has 0 spiro atoms. The maximum absolute atomic E-state index is 12.7. The minimum Gasteiger partial charge on any atom is -0.461 e. The zero-order chi connectivity index (χ0) is 18.8. The average molecular weight is 345 g/mol. The molecule has 25 heavy (non-hydrogen) atoms. The van der Waals surface area contributed by atoms with Crippen LogP contribution in [0.25, 0.3) is 11.4 Å². The van der Waals surface area contributed by atoms with Crippen molar-refractivity contribution < 1.29 is 9.53 Å². The van der Waals surface area contributed by atoms with Crippen molar-refractivity contribution in [2.75, 3.05) is 0 Å². The number of esters is 1. The molecule has 1 heterocycles. The molecule has 0 bridgehead atoms. The van der Waals surface area contributed by atoms with E-state index < -0.39 is 11.5 Å². The number of hydrogen-bond donors (Lipinski definition) is 1. The lowest BCUT2D eigenvalue weighted by molar-refractivity contribution is -0.156. The number of aryl methyl sites for hydroxylation is 1. The Bertz CT molecular complexity index is 731. The summed E-state index contributed by atoms with van der Waals surface area (Å²) in [6, 6.07) is 7.36. The van der Waals surface area contributed by atoms with E-state index in [-0.39, 0.29) is 11.5 Å². The van der Waals surface area contributed by atoms with E-state index in [1.807, 2.05) is 38.1 Å². The second kappa shape index (κ2) is 6.92. The maximum atomic E-state index is 12.7.